The lowest BCUT2D eigenvalue weighted by molar-refractivity contribution is -0.114. The number of halogens is 2. The van der Waals surface area contributed by atoms with Gasteiger partial charge in [0.15, 0.2) is 0 Å². The molecule has 0 fully saturated rings. The number of hydrogen-bond donors (Lipinski definition) is 2. The number of hydrogen-bond acceptors (Lipinski definition) is 5. The fourth-order valence-electron chi connectivity index (χ4n) is 3.08. The lowest BCUT2D eigenvalue weighted by Gasteiger charge is -2.12. The Labute approximate surface area is 194 Å². The van der Waals surface area contributed by atoms with E-state index in [2.05, 4.69) is 32.7 Å². The Morgan fingerprint density at radius 1 is 1.03 bits per heavy atom. The molecule has 1 aliphatic heterocycles. The molecule has 2 heterocycles. The number of hydrazone groups is 1. The highest BCUT2D eigenvalue weighted by atomic mass is 127. The molecule has 1 amide bonds. The van der Waals surface area contributed by atoms with Crippen LogP contribution in [-0.4, -0.2) is 26.3 Å². The molecule has 3 aromatic rings. The number of H-pyrrole nitrogens is 1. The number of carbonyl (C=O) groups is 1. The first-order valence-corrected chi connectivity index (χ1v) is 10.4. The van der Waals surface area contributed by atoms with Gasteiger partial charge < -0.3 is 5.11 Å². The molecular weight excluding hydrogens is 535 g/mol. The lowest BCUT2D eigenvalue weighted by Crippen LogP contribution is -2.30. The summed E-state index contributed by atoms with van der Waals surface area (Å²) < 4.78 is 1.93. The van der Waals surface area contributed by atoms with Crippen molar-refractivity contribution in [3.05, 3.63) is 89.1 Å². The molecule has 156 valence electrons. The second kappa shape index (κ2) is 8.16. The smallest absolute Gasteiger partial charge is 0.335 e. The Balaban J connectivity index is 1.81. The van der Waals surface area contributed by atoms with Crippen LogP contribution in [-0.2, 0) is 4.79 Å². The van der Waals surface area contributed by atoms with E-state index in [1.54, 1.807) is 31.2 Å². The van der Waals surface area contributed by atoms with Crippen molar-refractivity contribution in [3.8, 4) is 11.6 Å². The van der Waals surface area contributed by atoms with E-state index in [4.69, 9.17) is 11.6 Å². The Bertz CT molecular complexity index is 1370. The molecule has 4 rings (SSSR count). The summed E-state index contributed by atoms with van der Waals surface area (Å²) in [5, 5.41) is 16.7. The molecule has 0 spiro atoms. The molecule has 2 aromatic carbocycles. The maximum absolute atomic E-state index is 13.0. The van der Waals surface area contributed by atoms with E-state index in [0.717, 1.165) is 8.14 Å². The minimum Gasteiger partial charge on any atom is -0.494 e. The molecule has 1 aromatic heterocycles. The summed E-state index contributed by atoms with van der Waals surface area (Å²) in [5.41, 5.74) is -0.530. The number of nitrogens with one attached hydrogen (secondary N) is 1. The quantitative estimate of drug-likeness (QED) is 0.387. The molecule has 0 saturated heterocycles. The molecule has 0 bridgehead atoms. The van der Waals surface area contributed by atoms with Crippen LogP contribution in [0.1, 0.15) is 12.5 Å². The van der Waals surface area contributed by atoms with Crippen LogP contribution >= 0.6 is 34.2 Å². The van der Waals surface area contributed by atoms with Crippen molar-refractivity contribution in [1.29, 1.82) is 0 Å². The second-order valence-corrected chi connectivity index (χ2v) is 8.33. The van der Waals surface area contributed by atoms with Crippen LogP contribution in [0.3, 0.4) is 0 Å². The van der Waals surface area contributed by atoms with Gasteiger partial charge in [0.2, 0.25) is 5.88 Å². The summed E-state index contributed by atoms with van der Waals surface area (Å²) in [7, 11) is 0. The Hall–Kier alpha value is -3.18. The highest BCUT2D eigenvalue weighted by Crippen LogP contribution is 2.27. The third-order valence-electron chi connectivity index (χ3n) is 4.63. The van der Waals surface area contributed by atoms with Crippen LogP contribution in [0.4, 0.5) is 5.69 Å². The van der Waals surface area contributed by atoms with E-state index in [1.807, 2.05) is 12.1 Å². The average Bonchev–Trinajstić information content (AvgIpc) is 3.01. The third-order valence-corrected chi connectivity index (χ3v) is 5.60. The van der Waals surface area contributed by atoms with Crippen molar-refractivity contribution in [2.45, 2.75) is 6.92 Å². The van der Waals surface area contributed by atoms with Gasteiger partial charge in [-0.25, -0.2) is 9.36 Å². The maximum atomic E-state index is 13.0. The summed E-state index contributed by atoms with van der Waals surface area (Å²) in [5.74, 6) is -1.06. The number of nitrogens with zero attached hydrogens (tertiary/aromatic N) is 3. The Kier molecular flexibility index (Phi) is 5.54. The average molecular weight is 549 g/mol. The van der Waals surface area contributed by atoms with Gasteiger partial charge in [-0.05, 0) is 84.1 Å². The van der Waals surface area contributed by atoms with E-state index in [-0.39, 0.29) is 11.1 Å². The number of anilines is 1. The first-order valence-electron chi connectivity index (χ1n) is 8.98. The monoisotopic (exact) mass is 548 g/mol. The van der Waals surface area contributed by atoms with E-state index in [1.165, 1.54) is 23.2 Å². The zero-order valence-corrected chi connectivity index (χ0v) is 18.9. The summed E-state index contributed by atoms with van der Waals surface area (Å²) in [6.07, 6.45) is 1.23. The Morgan fingerprint density at radius 3 is 2.29 bits per heavy atom. The zero-order valence-electron chi connectivity index (χ0n) is 16.0. The summed E-state index contributed by atoms with van der Waals surface area (Å²) >= 11 is 8.04. The zero-order chi connectivity index (χ0) is 22.3. The number of carbonyl (C=O) groups excluding carboxylic acids is 1. The van der Waals surface area contributed by atoms with Crippen LogP contribution in [0.2, 0.25) is 5.02 Å². The minimum absolute atomic E-state index is 0.126. The molecule has 0 aliphatic carbocycles. The standard InChI is InChI=1S/C21H14ClIN4O4/c1-11-16(20(30)27(25-11)15-8-4-13(23)5-9-15)10-17-18(28)24-21(31)26(19(17)29)14-6-2-12(22)3-7-14/h2-10,29H,1H3,(H,24,28,31)/b16-10+. The molecular formula is C21H14ClIN4O4. The Morgan fingerprint density at radius 2 is 1.65 bits per heavy atom. The highest BCUT2D eigenvalue weighted by molar-refractivity contribution is 14.1. The van der Waals surface area contributed by atoms with Gasteiger partial charge in [-0.3, -0.25) is 14.6 Å². The van der Waals surface area contributed by atoms with Gasteiger partial charge in [-0.1, -0.05) is 11.6 Å². The van der Waals surface area contributed by atoms with Gasteiger partial charge in [-0.2, -0.15) is 10.1 Å². The molecule has 31 heavy (non-hydrogen) atoms. The first-order chi connectivity index (χ1) is 14.8. The molecule has 0 radical (unpaired) electrons. The summed E-state index contributed by atoms with van der Waals surface area (Å²) in [4.78, 5) is 39.9. The number of rotatable bonds is 3. The predicted molar refractivity (Wildman–Crippen MR) is 127 cm³/mol. The number of aromatic hydroxyl groups is 1. The van der Waals surface area contributed by atoms with Crippen molar-refractivity contribution in [2.75, 3.05) is 5.01 Å². The fraction of sp³-hybridized carbons (Fsp3) is 0.0476. The van der Waals surface area contributed by atoms with Gasteiger partial charge >= 0.3 is 5.69 Å². The van der Waals surface area contributed by atoms with E-state index in [9.17, 15) is 19.5 Å². The van der Waals surface area contributed by atoms with Crippen LogP contribution in [0, 0.1) is 3.57 Å². The SMILES string of the molecule is CC1=NN(c2ccc(I)cc2)C(=O)/C1=C/c1c(O)n(-c2ccc(Cl)cc2)c(=O)[nH]c1=O. The number of aromatic amines is 1. The summed E-state index contributed by atoms with van der Waals surface area (Å²) in [6.45, 7) is 1.62. The fourth-order valence-corrected chi connectivity index (χ4v) is 3.57. The van der Waals surface area contributed by atoms with Crippen LogP contribution in [0.5, 0.6) is 5.88 Å². The number of amides is 1. The topological polar surface area (TPSA) is 108 Å². The van der Waals surface area contributed by atoms with Crippen LogP contribution in [0.15, 0.2) is 68.8 Å². The summed E-state index contributed by atoms with van der Waals surface area (Å²) in [6, 6.07) is 13.3. The van der Waals surface area contributed by atoms with Crippen molar-refractivity contribution in [2.24, 2.45) is 5.10 Å². The molecule has 8 nitrogen and oxygen atoms in total. The van der Waals surface area contributed by atoms with Crippen molar-refractivity contribution < 1.29 is 9.90 Å². The molecule has 2 N–H and O–H groups in total. The normalized spacial score (nSPS) is 14.9. The van der Waals surface area contributed by atoms with Gasteiger partial charge in [-0.15, -0.1) is 0 Å². The number of aromatic nitrogens is 2. The van der Waals surface area contributed by atoms with Crippen LogP contribution < -0.4 is 16.3 Å². The van der Waals surface area contributed by atoms with Crippen LogP contribution in [0.25, 0.3) is 11.8 Å². The third kappa shape index (κ3) is 3.93. The van der Waals surface area contributed by atoms with Gasteiger partial charge in [0.05, 0.1) is 22.7 Å². The van der Waals surface area contributed by atoms with E-state index in [0.29, 0.717) is 22.1 Å². The lowest BCUT2D eigenvalue weighted by atomic mass is 10.1. The largest absolute Gasteiger partial charge is 0.494 e. The molecule has 0 atom stereocenters. The van der Waals surface area contributed by atoms with Crippen molar-refractivity contribution in [1.82, 2.24) is 9.55 Å². The molecule has 1 aliphatic rings. The van der Waals surface area contributed by atoms with Crippen molar-refractivity contribution in [3.63, 3.8) is 0 Å². The maximum Gasteiger partial charge on any atom is 0.335 e. The molecule has 10 heteroatoms. The first kappa shape index (κ1) is 21.1. The van der Waals surface area contributed by atoms with E-state index >= 15 is 0 Å². The second-order valence-electron chi connectivity index (χ2n) is 6.65. The van der Waals surface area contributed by atoms with Gasteiger partial charge in [0.1, 0.15) is 5.56 Å². The van der Waals surface area contributed by atoms with Gasteiger partial charge in [0, 0.05) is 8.59 Å². The van der Waals surface area contributed by atoms with Crippen molar-refractivity contribution >= 4 is 57.6 Å². The highest BCUT2D eigenvalue weighted by Gasteiger charge is 2.29. The number of benzene rings is 2. The molecule has 0 unspecified atom stereocenters. The predicted octanol–water partition coefficient (Wildman–Crippen LogP) is 3.30. The minimum atomic E-state index is -0.825. The molecule has 0 saturated carbocycles. The van der Waals surface area contributed by atoms with E-state index < -0.39 is 23.0 Å². The van der Waals surface area contributed by atoms with Gasteiger partial charge in [0.25, 0.3) is 11.5 Å².